The first-order chi connectivity index (χ1) is 11.0. The minimum Gasteiger partial charge on any atom is -0.508 e. The number of carbonyl (C=O) groups excluding carboxylic acids is 1. The second-order valence-corrected chi connectivity index (χ2v) is 5.65. The molecule has 0 atom stereocenters. The zero-order chi connectivity index (χ0) is 16.4. The third-order valence-electron chi connectivity index (χ3n) is 3.56. The van der Waals surface area contributed by atoms with Gasteiger partial charge in [-0.2, -0.15) is 0 Å². The van der Waals surface area contributed by atoms with Crippen LogP contribution in [0.5, 0.6) is 5.75 Å². The molecule has 1 aromatic carbocycles. The molecule has 6 nitrogen and oxygen atoms in total. The summed E-state index contributed by atoms with van der Waals surface area (Å²) >= 11 is 0. The molecule has 2 heterocycles. The highest BCUT2D eigenvalue weighted by Crippen LogP contribution is 2.24. The number of hydrogen-bond donors (Lipinski definition) is 2. The number of phenols is 1. The molecule has 0 saturated heterocycles. The molecular weight excluding hydrogens is 294 g/mol. The molecule has 0 spiro atoms. The third kappa shape index (κ3) is 3.15. The molecule has 0 radical (unpaired) electrons. The number of aromatic hydroxyl groups is 1. The number of nitrogens with zero attached hydrogens (tertiary/aromatic N) is 2. The summed E-state index contributed by atoms with van der Waals surface area (Å²) in [6.07, 6.45) is 1.48. The molecule has 0 bridgehead atoms. The first-order valence-corrected chi connectivity index (χ1v) is 7.36. The minimum absolute atomic E-state index is 0.188. The number of hydrogen-bond acceptors (Lipinski definition) is 5. The number of phenolic OH excluding ortho intramolecular Hbond substituents is 1. The Morgan fingerprint density at radius 1 is 1.30 bits per heavy atom. The van der Waals surface area contributed by atoms with Gasteiger partial charge in [-0.25, -0.2) is 4.98 Å². The molecule has 0 saturated carbocycles. The predicted molar refractivity (Wildman–Crippen MR) is 85.2 cm³/mol. The number of nitrogens with one attached hydrogen (secondary N) is 1. The van der Waals surface area contributed by atoms with E-state index in [9.17, 15) is 9.90 Å². The highest BCUT2D eigenvalue weighted by molar-refractivity contribution is 5.97. The van der Waals surface area contributed by atoms with Crippen LogP contribution < -0.4 is 5.32 Å². The molecular formula is C17H17N3O3. The van der Waals surface area contributed by atoms with Gasteiger partial charge in [0.15, 0.2) is 0 Å². The third-order valence-corrected chi connectivity index (χ3v) is 3.56. The Labute approximate surface area is 133 Å². The van der Waals surface area contributed by atoms with Gasteiger partial charge < -0.3 is 14.9 Å². The van der Waals surface area contributed by atoms with E-state index in [0.717, 1.165) is 16.6 Å². The summed E-state index contributed by atoms with van der Waals surface area (Å²) in [7, 11) is 0. The Hall–Kier alpha value is -2.89. The fourth-order valence-corrected chi connectivity index (χ4v) is 2.29. The molecule has 23 heavy (non-hydrogen) atoms. The smallest absolute Gasteiger partial charge is 0.257 e. The van der Waals surface area contributed by atoms with Gasteiger partial charge in [-0.15, -0.1) is 0 Å². The molecule has 0 aliphatic rings. The van der Waals surface area contributed by atoms with Crippen LogP contribution in [0.3, 0.4) is 0 Å². The van der Waals surface area contributed by atoms with Crippen molar-refractivity contribution in [1.82, 2.24) is 15.5 Å². The van der Waals surface area contributed by atoms with Crippen molar-refractivity contribution in [1.29, 1.82) is 0 Å². The van der Waals surface area contributed by atoms with E-state index in [-0.39, 0.29) is 17.6 Å². The standard InChI is InChI=1S/C17H17N3O3/c1-10(2)15-14-7-12(9-19-17(14)23-20-15)16(22)18-8-11-3-5-13(21)6-4-11/h3-7,9-10,21H,8H2,1-2H3,(H,18,22). The number of aromatic nitrogens is 2. The highest BCUT2D eigenvalue weighted by Gasteiger charge is 2.15. The van der Waals surface area contributed by atoms with E-state index in [4.69, 9.17) is 4.52 Å². The Morgan fingerprint density at radius 2 is 2.04 bits per heavy atom. The maximum absolute atomic E-state index is 12.3. The molecule has 1 amide bonds. The quantitative estimate of drug-likeness (QED) is 0.773. The normalized spacial score (nSPS) is 11.1. The van der Waals surface area contributed by atoms with E-state index in [2.05, 4.69) is 15.5 Å². The Kier molecular flexibility index (Phi) is 3.97. The first kappa shape index (κ1) is 15.0. The van der Waals surface area contributed by atoms with Crippen molar-refractivity contribution in [3.05, 3.63) is 53.3 Å². The van der Waals surface area contributed by atoms with Gasteiger partial charge in [0.05, 0.1) is 16.6 Å². The number of pyridine rings is 1. The second-order valence-electron chi connectivity index (χ2n) is 5.65. The molecule has 0 aliphatic heterocycles. The van der Waals surface area contributed by atoms with Crippen LogP contribution >= 0.6 is 0 Å². The summed E-state index contributed by atoms with van der Waals surface area (Å²) in [5.74, 6) is 0.167. The number of amides is 1. The van der Waals surface area contributed by atoms with Crippen LogP contribution in [0.4, 0.5) is 0 Å². The summed E-state index contributed by atoms with van der Waals surface area (Å²) in [6, 6.07) is 8.44. The molecule has 2 N–H and O–H groups in total. The van der Waals surface area contributed by atoms with Crippen LogP contribution in [0.2, 0.25) is 0 Å². The average molecular weight is 311 g/mol. The molecule has 0 fully saturated rings. The largest absolute Gasteiger partial charge is 0.508 e. The van der Waals surface area contributed by atoms with Crippen molar-refractivity contribution in [3.63, 3.8) is 0 Å². The lowest BCUT2D eigenvalue weighted by molar-refractivity contribution is 0.0950. The lowest BCUT2D eigenvalue weighted by Crippen LogP contribution is -2.22. The van der Waals surface area contributed by atoms with Gasteiger partial charge in [-0.05, 0) is 29.7 Å². The fraction of sp³-hybridized carbons (Fsp3) is 0.235. The monoisotopic (exact) mass is 311 g/mol. The van der Waals surface area contributed by atoms with Crippen LogP contribution in [-0.4, -0.2) is 21.2 Å². The maximum atomic E-state index is 12.3. The van der Waals surface area contributed by atoms with Gasteiger partial charge in [-0.1, -0.05) is 31.1 Å². The van der Waals surface area contributed by atoms with Gasteiger partial charge >= 0.3 is 0 Å². The summed E-state index contributed by atoms with van der Waals surface area (Å²) in [4.78, 5) is 16.4. The number of benzene rings is 1. The molecule has 3 rings (SSSR count). The predicted octanol–water partition coefficient (Wildman–Crippen LogP) is 2.98. The molecule has 3 aromatic rings. The SMILES string of the molecule is CC(C)c1noc2ncc(C(=O)NCc3ccc(O)cc3)cc12. The summed E-state index contributed by atoms with van der Waals surface area (Å²) < 4.78 is 5.17. The molecule has 2 aromatic heterocycles. The van der Waals surface area contributed by atoms with Crippen LogP contribution in [0, 0.1) is 0 Å². The summed E-state index contributed by atoms with van der Waals surface area (Å²) in [5, 5.41) is 16.8. The molecule has 0 unspecified atom stereocenters. The van der Waals surface area contributed by atoms with E-state index >= 15 is 0 Å². The van der Waals surface area contributed by atoms with Crippen LogP contribution in [0.15, 0.2) is 41.1 Å². The second kappa shape index (κ2) is 6.08. The Balaban J connectivity index is 1.77. The number of rotatable bonds is 4. The first-order valence-electron chi connectivity index (χ1n) is 7.36. The zero-order valence-corrected chi connectivity index (χ0v) is 12.9. The van der Waals surface area contributed by atoms with E-state index in [1.807, 2.05) is 13.8 Å². The maximum Gasteiger partial charge on any atom is 0.257 e. The van der Waals surface area contributed by atoms with Gasteiger partial charge in [0.25, 0.3) is 11.6 Å². The zero-order valence-electron chi connectivity index (χ0n) is 12.9. The average Bonchev–Trinajstić information content (AvgIpc) is 2.97. The van der Waals surface area contributed by atoms with Crippen molar-refractivity contribution in [2.24, 2.45) is 0 Å². The summed E-state index contributed by atoms with van der Waals surface area (Å²) in [6.45, 7) is 4.39. The Morgan fingerprint density at radius 3 is 2.74 bits per heavy atom. The van der Waals surface area contributed by atoms with E-state index < -0.39 is 0 Å². The van der Waals surface area contributed by atoms with Crippen LogP contribution in [0.25, 0.3) is 11.1 Å². The lowest BCUT2D eigenvalue weighted by Gasteiger charge is -2.06. The van der Waals surface area contributed by atoms with E-state index in [1.54, 1.807) is 30.3 Å². The van der Waals surface area contributed by atoms with Crippen molar-refractivity contribution in [2.75, 3.05) is 0 Å². The molecule has 118 valence electrons. The fourth-order valence-electron chi connectivity index (χ4n) is 2.29. The number of carbonyl (C=O) groups is 1. The minimum atomic E-state index is -0.219. The van der Waals surface area contributed by atoms with Crippen LogP contribution in [0.1, 0.15) is 41.4 Å². The topological polar surface area (TPSA) is 88.2 Å². The van der Waals surface area contributed by atoms with Gasteiger partial charge in [-0.3, -0.25) is 4.79 Å². The highest BCUT2D eigenvalue weighted by atomic mass is 16.5. The van der Waals surface area contributed by atoms with E-state index in [0.29, 0.717) is 17.8 Å². The van der Waals surface area contributed by atoms with Crippen LogP contribution in [-0.2, 0) is 6.54 Å². The van der Waals surface area contributed by atoms with Crippen molar-refractivity contribution >= 4 is 17.0 Å². The molecule has 0 aliphatic carbocycles. The van der Waals surface area contributed by atoms with Gasteiger partial charge in [0, 0.05) is 12.7 Å². The summed E-state index contributed by atoms with van der Waals surface area (Å²) in [5.41, 5.74) is 2.59. The van der Waals surface area contributed by atoms with E-state index in [1.165, 1.54) is 6.20 Å². The van der Waals surface area contributed by atoms with Crippen molar-refractivity contribution < 1.29 is 14.4 Å². The van der Waals surface area contributed by atoms with Crippen molar-refractivity contribution in [2.45, 2.75) is 26.3 Å². The molecule has 6 heteroatoms. The Bertz CT molecular complexity index is 838. The van der Waals surface area contributed by atoms with Crippen molar-refractivity contribution in [3.8, 4) is 5.75 Å². The lowest BCUT2D eigenvalue weighted by atomic mass is 10.1. The van der Waals surface area contributed by atoms with Gasteiger partial charge in [0.1, 0.15) is 5.75 Å². The van der Waals surface area contributed by atoms with Gasteiger partial charge in [0.2, 0.25) is 0 Å². The number of fused-ring (bicyclic) bond motifs is 1.